The van der Waals surface area contributed by atoms with E-state index >= 15 is 0 Å². The maximum atomic E-state index is 9.10. The van der Waals surface area contributed by atoms with Crippen molar-refractivity contribution in [3.05, 3.63) is 0 Å². The van der Waals surface area contributed by atoms with Gasteiger partial charge in [-0.15, -0.1) is 12.4 Å². The molecule has 0 fully saturated rings. The maximum Gasteiger partial charge on any atom is 0.466 e. The van der Waals surface area contributed by atoms with E-state index in [9.17, 15) is 0 Å². The topological polar surface area (TPSA) is 472 Å². The predicted octanol–water partition coefficient (Wildman–Crippen LogP) is -0.870. The van der Waals surface area contributed by atoms with Crippen LogP contribution in [0.1, 0.15) is 0 Å². The summed E-state index contributed by atoms with van der Waals surface area (Å²) < 4.78 is 40.5. The molecule has 0 rings (SSSR count). The highest BCUT2D eigenvalue weighted by molar-refractivity contribution is 7.79. The van der Waals surface area contributed by atoms with Crippen molar-refractivity contribution in [1.29, 1.82) is 0 Å². The fourth-order valence-corrected chi connectivity index (χ4v) is 0. The Bertz CT molecular complexity index is 357. The molecular weight excluding hydrogens is 413 g/mol. The van der Waals surface area contributed by atoms with Gasteiger partial charge in [0.05, 0.1) is 0 Å². The van der Waals surface area contributed by atoms with Gasteiger partial charge in [-0.2, -0.15) is 8.42 Å². The molecule has 0 bridgehead atoms. The van der Waals surface area contributed by atoms with E-state index in [-0.39, 0.29) is 55.5 Å². The molecule has 24 heavy (non-hydrogen) atoms. The summed E-state index contributed by atoms with van der Waals surface area (Å²) in [5, 5.41) is 14.8. The van der Waals surface area contributed by atoms with Crippen LogP contribution < -0.4 is 43.1 Å². The van der Waals surface area contributed by atoms with Crippen molar-refractivity contribution >= 4 is 42.6 Å². The zero-order valence-electron chi connectivity index (χ0n) is 12.4. The Morgan fingerprint density at radius 3 is 0.708 bits per heavy atom. The summed E-state index contributed by atoms with van der Waals surface area (Å²) >= 11 is 0. The Kier molecular flexibility index (Phi) is 108. The van der Waals surface area contributed by atoms with Crippen molar-refractivity contribution < 1.29 is 56.6 Å². The second kappa shape index (κ2) is 33.5. The van der Waals surface area contributed by atoms with Crippen LogP contribution in [-0.4, -0.2) is 54.4 Å². The van der Waals surface area contributed by atoms with E-state index < -0.39 is 30.2 Å². The molecule has 0 spiro atoms. The molecule has 19 nitrogen and oxygen atoms in total. The Morgan fingerprint density at radius 2 is 0.708 bits per heavy atom. The zero-order valence-corrected chi connectivity index (χ0v) is 14.9. The molecule has 0 amide bonds. The fourth-order valence-electron chi connectivity index (χ4n) is 0. The molecule has 0 saturated heterocycles. The molecule has 0 atom stereocenters. The number of rotatable bonds is 0. The summed E-state index contributed by atoms with van der Waals surface area (Å²) in [5.41, 5.74) is 0. The molecule has 0 unspecified atom stereocenters. The van der Waals surface area contributed by atoms with Crippen molar-refractivity contribution in [2.45, 2.75) is 0 Å². The van der Waals surface area contributed by atoms with Gasteiger partial charge < -0.3 is 67.9 Å². The Morgan fingerprint density at radius 1 is 0.667 bits per heavy atom. The van der Waals surface area contributed by atoms with E-state index in [2.05, 4.69) is 0 Å². The van der Waals surface area contributed by atoms with Gasteiger partial charge in [-0.3, -0.25) is 9.11 Å². The third kappa shape index (κ3) is 968. The minimum atomic E-state index is -4.67. The molecule has 0 radical (unpaired) electrons. The SMILES string of the molecule is Cl.N.N.N.N.N.N.N.O=C(O)C(=O)O.O=P(O)(O)O.O=S(=O)(O)O. The average Bonchev–Trinajstić information content (AvgIpc) is 1.77. The molecule has 0 saturated carbocycles. The standard InChI is InChI=1S/C2H2O4.ClH.7H3N.H3O4P.H2O4S/c3-1(4)2(5)6;;;;;;;;;2*1-5(2,3)4/h(H,3,4)(H,5,6);1H;7*1H3;(H3,1,2,3,4);(H2,1,2,3,4). The molecular formula is C2H29ClN7O12PS. The van der Waals surface area contributed by atoms with E-state index in [0.717, 1.165) is 0 Å². The van der Waals surface area contributed by atoms with Crippen molar-refractivity contribution in [2.24, 2.45) is 0 Å². The van der Waals surface area contributed by atoms with Gasteiger partial charge in [0.2, 0.25) is 0 Å². The first-order chi connectivity index (χ1) is 6.64. The summed E-state index contributed by atoms with van der Waals surface area (Å²) in [6, 6.07) is 0. The number of hydrogen-bond donors (Lipinski definition) is 14. The lowest BCUT2D eigenvalue weighted by Crippen LogP contribution is -2.09. The van der Waals surface area contributed by atoms with Crippen molar-refractivity contribution in [1.82, 2.24) is 43.1 Å². The number of phosphoric acid groups is 1. The van der Waals surface area contributed by atoms with Crippen LogP contribution in [0.5, 0.6) is 0 Å². The van der Waals surface area contributed by atoms with Gasteiger partial charge in [-0.25, -0.2) is 14.2 Å². The van der Waals surface area contributed by atoms with E-state index in [1.165, 1.54) is 0 Å². The van der Waals surface area contributed by atoms with Gasteiger partial charge in [0.15, 0.2) is 0 Å². The summed E-state index contributed by atoms with van der Waals surface area (Å²) in [5.74, 6) is -3.65. The van der Waals surface area contributed by atoms with Crippen LogP contribution in [0.25, 0.3) is 0 Å². The minimum Gasteiger partial charge on any atom is -0.473 e. The Balaban J connectivity index is -0.0000000101. The van der Waals surface area contributed by atoms with Crippen LogP contribution in [0.15, 0.2) is 0 Å². The molecule has 0 heterocycles. The third-order valence-corrected chi connectivity index (χ3v) is 0.183. The van der Waals surface area contributed by atoms with E-state index in [4.69, 9.17) is 56.6 Å². The lowest BCUT2D eigenvalue weighted by Gasteiger charge is -1.82. The van der Waals surface area contributed by atoms with Crippen LogP contribution in [0.2, 0.25) is 0 Å². The molecule has 0 aliphatic heterocycles. The first kappa shape index (κ1) is 77.5. The lowest BCUT2D eigenvalue weighted by molar-refractivity contribution is -0.159. The Labute approximate surface area is 143 Å². The van der Waals surface area contributed by atoms with Crippen LogP contribution in [-0.2, 0) is 24.6 Å². The first-order valence-electron chi connectivity index (χ1n) is 2.59. The molecule has 0 aliphatic carbocycles. The average molecular weight is 442 g/mol. The molecule has 0 aromatic rings. The van der Waals surface area contributed by atoms with Crippen LogP contribution in [0.3, 0.4) is 0 Å². The van der Waals surface area contributed by atoms with E-state index in [1.54, 1.807) is 0 Å². The highest BCUT2D eigenvalue weighted by Gasteiger charge is 2.04. The second-order valence-corrected chi connectivity index (χ2v) is 3.49. The molecule has 0 aliphatic rings. The van der Waals surface area contributed by atoms with Gasteiger partial charge in [-0.1, -0.05) is 0 Å². The van der Waals surface area contributed by atoms with Gasteiger partial charge in [0.25, 0.3) is 0 Å². The normalized spacial score (nSPS) is 6.71. The third-order valence-electron chi connectivity index (χ3n) is 0.183. The van der Waals surface area contributed by atoms with E-state index in [1.807, 2.05) is 0 Å². The Hall–Kier alpha value is -1.07. The highest BCUT2D eigenvalue weighted by Crippen LogP contribution is 2.25. The van der Waals surface area contributed by atoms with Crippen LogP contribution >= 0.6 is 20.2 Å². The van der Waals surface area contributed by atoms with Gasteiger partial charge in [-0.05, 0) is 0 Å². The quantitative estimate of drug-likeness (QED) is 0.123. The molecule has 162 valence electrons. The van der Waals surface area contributed by atoms with Gasteiger partial charge in [0, 0.05) is 0 Å². The fraction of sp³-hybridized carbons (Fsp3) is 0. The van der Waals surface area contributed by atoms with E-state index in [0.29, 0.717) is 0 Å². The van der Waals surface area contributed by atoms with Gasteiger partial charge >= 0.3 is 30.2 Å². The monoisotopic (exact) mass is 441 g/mol. The minimum absolute atomic E-state index is 0. The van der Waals surface area contributed by atoms with Crippen LogP contribution in [0.4, 0.5) is 0 Å². The van der Waals surface area contributed by atoms with Crippen molar-refractivity contribution in [3.8, 4) is 0 Å². The summed E-state index contributed by atoms with van der Waals surface area (Å²) in [6.45, 7) is 0. The molecule has 28 N–H and O–H groups in total. The zero-order chi connectivity index (χ0) is 14.2. The number of aliphatic carboxylic acids is 2. The number of hydrogen-bond acceptors (Lipinski definition) is 12. The largest absolute Gasteiger partial charge is 0.473 e. The number of carboxylic acid groups (broad SMARTS) is 2. The number of carbonyl (C=O) groups is 2. The highest BCUT2D eigenvalue weighted by atomic mass is 35.5. The van der Waals surface area contributed by atoms with Crippen molar-refractivity contribution in [3.63, 3.8) is 0 Å². The van der Waals surface area contributed by atoms with Gasteiger partial charge in [0.1, 0.15) is 0 Å². The first-order valence-corrected chi connectivity index (χ1v) is 5.55. The smallest absolute Gasteiger partial charge is 0.466 e. The summed E-state index contributed by atoms with van der Waals surface area (Å²) in [7, 11) is -9.31. The molecule has 0 aromatic heterocycles. The second-order valence-electron chi connectivity index (χ2n) is 1.57. The maximum absolute atomic E-state index is 9.10. The van der Waals surface area contributed by atoms with Crippen molar-refractivity contribution in [2.75, 3.05) is 0 Å². The molecule has 22 heteroatoms. The van der Waals surface area contributed by atoms with Crippen LogP contribution in [0, 0.1) is 0 Å². The molecule has 0 aromatic carbocycles. The summed E-state index contributed by atoms with van der Waals surface area (Å²) in [6.07, 6.45) is 0. The lowest BCUT2D eigenvalue weighted by atomic mass is 10.7. The number of halogens is 1. The summed E-state index contributed by atoms with van der Waals surface area (Å²) in [4.78, 5) is 39.8. The number of carboxylic acids is 2. The predicted molar refractivity (Wildman–Crippen MR) is 86.1 cm³/mol.